The van der Waals surface area contributed by atoms with E-state index >= 15 is 0 Å². The lowest BCUT2D eigenvalue weighted by molar-refractivity contribution is -0.147. The van der Waals surface area contributed by atoms with Gasteiger partial charge in [0.25, 0.3) is 0 Å². The minimum atomic E-state index is -0.882. The lowest BCUT2D eigenvalue weighted by atomic mass is 9.82. The highest BCUT2D eigenvalue weighted by atomic mass is 16.4. The van der Waals surface area contributed by atoms with E-state index in [9.17, 15) is 9.59 Å². The Bertz CT molecular complexity index is 326. The molecule has 0 aliphatic heterocycles. The largest absolute Gasteiger partial charge is 0.481 e. The molecule has 2 atom stereocenters. The normalized spacial score (nSPS) is 23.1. The predicted octanol–water partition coefficient (Wildman–Crippen LogP) is 0.721. The second-order valence-electron chi connectivity index (χ2n) is 4.94. The lowest BCUT2D eigenvalue weighted by Gasteiger charge is -2.24. The first-order valence-electron chi connectivity index (χ1n) is 6.32. The van der Waals surface area contributed by atoms with Crippen molar-refractivity contribution in [2.24, 2.45) is 11.8 Å². The van der Waals surface area contributed by atoms with Crippen LogP contribution in [-0.4, -0.2) is 49.1 Å². The molecule has 1 rings (SSSR count). The quantitative estimate of drug-likeness (QED) is 0.541. The van der Waals surface area contributed by atoms with Crippen molar-refractivity contribution in [1.29, 1.82) is 0 Å². The van der Waals surface area contributed by atoms with Gasteiger partial charge in [-0.05, 0) is 39.9 Å². The standard InChI is InChI=1S/C13H22N2O3/c1-15(2)9-5-8-14-12(16)10-6-3-4-7-11(10)13(17)18/h3-4,10-11H,5-9H2,1-2H3,(H,14,16)(H,17,18). The first-order valence-corrected chi connectivity index (χ1v) is 6.32. The number of hydrogen-bond donors (Lipinski definition) is 2. The van der Waals surface area contributed by atoms with Crippen LogP contribution < -0.4 is 5.32 Å². The average Bonchev–Trinajstić information content (AvgIpc) is 2.34. The van der Waals surface area contributed by atoms with E-state index in [0.29, 0.717) is 19.4 Å². The van der Waals surface area contributed by atoms with E-state index in [-0.39, 0.29) is 5.91 Å². The highest BCUT2D eigenvalue weighted by Gasteiger charge is 2.33. The molecule has 0 aromatic heterocycles. The second kappa shape index (κ2) is 7.16. The summed E-state index contributed by atoms with van der Waals surface area (Å²) in [5.41, 5.74) is 0. The molecule has 0 fully saturated rings. The van der Waals surface area contributed by atoms with Gasteiger partial charge in [-0.1, -0.05) is 12.2 Å². The van der Waals surface area contributed by atoms with Crippen molar-refractivity contribution >= 4 is 11.9 Å². The minimum absolute atomic E-state index is 0.134. The highest BCUT2D eigenvalue weighted by Crippen LogP contribution is 2.25. The van der Waals surface area contributed by atoms with Crippen molar-refractivity contribution in [3.63, 3.8) is 0 Å². The summed E-state index contributed by atoms with van der Waals surface area (Å²) >= 11 is 0. The van der Waals surface area contributed by atoms with E-state index in [4.69, 9.17) is 5.11 Å². The number of hydrogen-bond acceptors (Lipinski definition) is 3. The zero-order chi connectivity index (χ0) is 13.5. The molecule has 0 aromatic rings. The number of allylic oxidation sites excluding steroid dienone is 2. The summed E-state index contributed by atoms with van der Waals surface area (Å²) in [5.74, 6) is -2.02. The number of nitrogens with one attached hydrogen (secondary N) is 1. The van der Waals surface area contributed by atoms with Crippen LogP contribution in [0.1, 0.15) is 19.3 Å². The summed E-state index contributed by atoms with van der Waals surface area (Å²) in [6, 6.07) is 0. The summed E-state index contributed by atoms with van der Waals surface area (Å²) in [5, 5.41) is 11.9. The van der Waals surface area contributed by atoms with Crippen LogP contribution in [0.25, 0.3) is 0 Å². The summed E-state index contributed by atoms with van der Waals surface area (Å²) < 4.78 is 0. The molecule has 0 saturated heterocycles. The fourth-order valence-corrected chi connectivity index (χ4v) is 2.11. The molecule has 0 saturated carbocycles. The van der Waals surface area contributed by atoms with Gasteiger partial charge in [0.1, 0.15) is 0 Å². The van der Waals surface area contributed by atoms with Crippen LogP contribution in [0.15, 0.2) is 12.2 Å². The van der Waals surface area contributed by atoms with Gasteiger partial charge in [-0.15, -0.1) is 0 Å². The Morgan fingerprint density at radius 1 is 1.28 bits per heavy atom. The SMILES string of the molecule is CN(C)CCCNC(=O)C1CC=CCC1C(=O)O. The van der Waals surface area contributed by atoms with Gasteiger partial charge in [0.15, 0.2) is 0 Å². The van der Waals surface area contributed by atoms with Crippen molar-refractivity contribution in [2.45, 2.75) is 19.3 Å². The Hall–Kier alpha value is -1.36. The summed E-state index contributed by atoms with van der Waals surface area (Å²) in [6.07, 6.45) is 5.58. The molecule has 0 heterocycles. The third-order valence-electron chi connectivity index (χ3n) is 3.17. The molecule has 0 radical (unpaired) electrons. The first-order chi connectivity index (χ1) is 8.52. The molecule has 1 aliphatic rings. The van der Waals surface area contributed by atoms with Crippen molar-refractivity contribution in [1.82, 2.24) is 10.2 Å². The number of nitrogens with zero attached hydrogens (tertiary/aromatic N) is 1. The van der Waals surface area contributed by atoms with Crippen LogP contribution >= 0.6 is 0 Å². The van der Waals surface area contributed by atoms with Gasteiger partial charge in [-0.25, -0.2) is 0 Å². The second-order valence-corrected chi connectivity index (χ2v) is 4.94. The number of carbonyl (C=O) groups excluding carboxylic acids is 1. The van der Waals surface area contributed by atoms with Gasteiger partial charge >= 0.3 is 5.97 Å². The maximum Gasteiger partial charge on any atom is 0.307 e. The van der Waals surface area contributed by atoms with E-state index in [0.717, 1.165) is 13.0 Å². The molecule has 18 heavy (non-hydrogen) atoms. The number of rotatable bonds is 6. The van der Waals surface area contributed by atoms with E-state index in [1.165, 1.54) is 0 Å². The van der Waals surface area contributed by atoms with Gasteiger partial charge < -0.3 is 15.3 Å². The number of carboxylic acids is 1. The van der Waals surface area contributed by atoms with Gasteiger partial charge in [0.05, 0.1) is 11.8 Å². The van der Waals surface area contributed by atoms with Crippen LogP contribution in [0.5, 0.6) is 0 Å². The molecule has 0 aromatic carbocycles. The predicted molar refractivity (Wildman–Crippen MR) is 69.2 cm³/mol. The minimum Gasteiger partial charge on any atom is -0.481 e. The smallest absolute Gasteiger partial charge is 0.307 e. The van der Waals surface area contributed by atoms with Crippen LogP contribution in [0.2, 0.25) is 0 Å². The number of carbonyl (C=O) groups is 2. The maximum absolute atomic E-state index is 11.9. The number of aliphatic carboxylic acids is 1. The maximum atomic E-state index is 11.9. The van der Waals surface area contributed by atoms with Crippen molar-refractivity contribution in [3.8, 4) is 0 Å². The fourth-order valence-electron chi connectivity index (χ4n) is 2.11. The molecule has 0 spiro atoms. The van der Waals surface area contributed by atoms with Crippen LogP contribution in [0.3, 0.4) is 0 Å². The molecule has 5 heteroatoms. The highest BCUT2D eigenvalue weighted by molar-refractivity contribution is 5.85. The van der Waals surface area contributed by atoms with Crippen molar-refractivity contribution < 1.29 is 14.7 Å². The molecule has 0 bridgehead atoms. The van der Waals surface area contributed by atoms with E-state index < -0.39 is 17.8 Å². The molecular weight excluding hydrogens is 232 g/mol. The van der Waals surface area contributed by atoms with E-state index in [1.54, 1.807) is 0 Å². The van der Waals surface area contributed by atoms with Crippen molar-refractivity contribution in [2.75, 3.05) is 27.2 Å². The Balaban J connectivity index is 2.39. The fraction of sp³-hybridized carbons (Fsp3) is 0.692. The Morgan fingerprint density at radius 3 is 2.44 bits per heavy atom. The monoisotopic (exact) mass is 254 g/mol. The van der Waals surface area contributed by atoms with E-state index in [2.05, 4.69) is 10.2 Å². The molecule has 5 nitrogen and oxygen atoms in total. The van der Waals surface area contributed by atoms with Crippen molar-refractivity contribution in [3.05, 3.63) is 12.2 Å². The third-order valence-corrected chi connectivity index (χ3v) is 3.17. The van der Waals surface area contributed by atoms with Crippen LogP contribution in [0, 0.1) is 11.8 Å². The Morgan fingerprint density at radius 2 is 1.89 bits per heavy atom. The topological polar surface area (TPSA) is 69.6 Å². The molecule has 102 valence electrons. The summed E-state index contributed by atoms with van der Waals surface area (Å²) in [4.78, 5) is 25.1. The summed E-state index contributed by atoms with van der Waals surface area (Å²) in [7, 11) is 3.96. The molecule has 1 aliphatic carbocycles. The number of amides is 1. The van der Waals surface area contributed by atoms with Gasteiger partial charge in [0, 0.05) is 6.54 Å². The van der Waals surface area contributed by atoms with E-state index in [1.807, 2.05) is 26.2 Å². The van der Waals surface area contributed by atoms with Gasteiger partial charge in [0.2, 0.25) is 5.91 Å². The number of carboxylic acid groups (broad SMARTS) is 1. The third kappa shape index (κ3) is 4.49. The van der Waals surface area contributed by atoms with Gasteiger partial charge in [-0.2, -0.15) is 0 Å². The molecule has 2 N–H and O–H groups in total. The lowest BCUT2D eigenvalue weighted by Crippen LogP contribution is -2.39. The Labute approximate surface area is 108 Å². The van der Waals surface area contributed by atoms with Crippen LogP contribution in [-0.2, 0) is 9.59 Å². The summed E-state index contributed by atoms with van der Waals surface area (Å²) in [6.45, 7) is 1.51. The zero-order valence-electron chi connectivity index (χ0n) is 11.1. The van der Waals surface area contributed by atoms with Crippen LogP contribution in [0.4, 0.5) is 0 Å². The first kappa shape index (κ1) is 14.7. The molecule has 1 amide bonds. The molecular formula is C13H22N2O3. The molecule has 2 unspecified atom stereocenters. The van der Waals surface area contributed by atoms with Gasteiger partial charge in [-0.3, -0.25) is 9.59 Å². The Kier molecular flexibility index (Phi) is 5.85. The zero-order valence-corrected chi connectivity index (χ0v) is 11.1. The average molecular weight is 254 g/mol.